The van der Waals surface area contributed by atoms with E-state index in [4.69, 9.17) is 5.10 Å². The van der Waals surface area contributed by atoms with E-state index in [-0.39, 0.29) is 11.5 Å². The van der Waals surface area contributed by atoms with Gasteiger partial charge in [-0.3, -0.25) is 4.79 Å². The van der Waals surface area contributed by atoms with Crippen molar-refractivity contribution in [3.05, 3.63) is 113 Å². The lowest BCUT2D eigenvalue weighted by Crippen LogP contribution is -2.31. The number of hydrogen-bond donors (Lipinski definition) is 3. The van der Waals surface area contributed by atoms with Crippen LogP contribution in [0.5, 0.6) is 0 Å². The largest absolute Gasteiger partial charge is 0.478 e. The summed E-state index contributed by atoms with van der Waals surface area (Å²) >= 11 is 1.50. The van der Waals surface area contributed by atoms with Gasteiger partial charge < -0.3 is 15.7 Å². The molecule has 180 valence electrons. The Morgan fingerprint density at radius 3 is 2.33 bits per heavy atom. The highest BCUT2D eigenvalue weighted by atomic mass is 32.2. The van der Waals surface area contributed by atoms with Crippen LogP contribution < -0.4 is 10.6 Å². The van der Waals surface area contributed by atoms with E-state index in [1.165, 1.54) is 23.9 Å². The molecule has 0 unspecified atom stereocenters. The van der Waals surface area contributed by atoms with E-state index in [0.29, 0.717) is 33.8 Å². The zero-order chi connectivity index (χ0) is 25.1. The van der Waals surface area contributed by atoms with Crippen LogP contribution in [0.2, 0.25) is 0 Å². The Morgan fingerprint density at radius 2 is 1.67 bits per heavy atom. The van der Waals surface area contributed by atoms with Crippen molar-refractivity contribution in [1.82, 2.24) is 14.8 Å². The molecule has 1 atom stereocenters. The van der Waals surface area contributed by atoms with Crippen LogP contribution in [0.3, 0.4) is 0 Å². The molecular formula is C27H23N5O3S. The summed E-state index contributed by atoms with van der Waals surface area (Å²) in [6.07, 6.45) is 0. The van der Waals surface area contributed by atoms with Gasteiger partial charge in [0.1, 0.15) is 6.04 Å². The molecule has 1 aliphatic rings. The van der Waals surface area contributed by atoms with Gasteiger partial charge in [-0.05, 0) is 42.3 Å². The van der Waals surface area contributed by atoms with E-state index in [2.05, 4.69) is 15.6 Å². The van der Waals surface area contributed by atoms with Crippen LogP contribution >= 0.6 is 11.8 Å². The number of nitrogens with zero attached hydrogens (tertiary/aromatic N) is 3. The highest BCUT2D eigenvalue weighted by molar-refractivity contribution is 7.98. The number of rotatable bonds is 7. The van der Waals surface area contributed by atoms with Crippen molar-refractivity contribution in [3.63, 3.8) is 0 Å². The van der Waals surface area contributed by atoms with Crippen molar-refractivity contribution in [2.24, 2.45) is 0 Å². The number of fused-ring (bicyclic) bond motifs is 1. The maximum absolute atomic E-state index is 13.5. The number of benzene rings is 3. The number of carbonyl (C=O) groups excluding carboxylic acids is 1. The lowest BCUT2D eigenvalue weighted by molar-refractivity contribution is -0.113. The second-order valence-corrected chi connectivity index (χ2v) is 9.19. The molecule has 0 spiro atoms. The number of carbonyl (C=O) groups is 2. The molecule has 3 aromatic carbocycles. The van der Waals surface area contributed by atoms with Gasteiger partial charge in [-0.1, -0.05) is 72.4 Å². The molecule has 1 aromatic heterocycles. The number of hydrogen-bond acceptors (Lipinski definition) is 6. The molecule has 0 radical (unpaired) electrons. The van der Waals surface area contributed by atoms with Crippen molar-refractivity contribution >= 4 is 35.3 Å². The summed E-state index contributed by atoms with van der Waals surface area (Å²) in [6.45, 7) is 1.83. The van der Waals surface area contributed by atoms with Crippen LogP contribution in [0.1, 0.15) is 34.5 Å². The molecule has 3 N–H and O–H groups in total. The number of nitrogens with one attached hydrogen (secondary N) is 2. The standard InChI is InChI=1S/C27H23N5O3S/c1-17-22(24(33)29-21-10-6-3-7-11-21)23(19-12-14-20(15-13-19)25(34)35)32-26(28-17)30-27(31-32)36-16-18-8-4-2-5-9-18/h2-15,23H,16H2,1H3,(H,29,33)(H,34,35)(H,28,30,31)/t23-/m0/s1. The van der Waals surface area contributed by atoms with E-state index >= 15 is 0 Å². The number of thioether (sulfide) groups is 1. The average Bonchev–Trinajstić information content (AvgIpc) is 3.30. The minimum Gasteiger partial charge on any atom is -0.478 e. The van der Waals surface area contributed by atoms with Gasteiger partial charge >= 0.3 is 5.97 Å². The summed E-state index contributed by atoms with van der Waals surface area (Å²) in [4.78, 5) is 29.5. The fourth-order valence-electron chi connectivity index (χ4n) is 4.04. The third-order valence-corrected chi connectivity index (χ3v) is 6.70. The number of para-hydroxylation sites is 1. The highest BCUT2D eigenvalue weighted by Gasteiger charge is 2.34. The lowest BCUT2D eigenvalue weighted by atomic mass is 9.94. The summed E-state index contributed by atoms with van der Waals surface area (Å²) in [5, 5.41) is 20.8. The molecule has 0 saturated heterocycles. The average molecular weight is 498 g/mol. The normalized spacial score (nSPS) is 14.6. The van der Waals surface area contributed by atoms with Gasteiger partial charge in [0, 0.05) is 17.1 Å². The fourth-order valence-corrected chi connectivity index (χ4v) is 4.83. The summed E-state index contributed by atoms with van der Waals surface area (Å²) < 4.78 is 1.69. The van der Waals surface area contributed by atoms with Crippen LogP contribution in [0, 0.1) is 0 Å². The minimum atomic E-state index is -1.01. The first-order valence-corrected chi connectivity index (χ1v) is 12.3. The van der Waals surface area contributed by atoms with Crippen LogP contribution in [0.25, 0.3) is 0 Å². The SMILES string of the molecule is CC1=C(C(=O)Nc2ccccc2)[C@H](c2ccc(C(=O)O)cc2)n2nc(SCc3ccccc3)nc2N1. The molecule has 0 aliphatic carbocycles. The quantitative estimate of drug-likeness (QED) is 0.301. The molecule has 0 bridgehead atoms. The molecule has 1 amide bonds. The summed E-state index contributed by atoms with van der Waals surface area (Å²) in [5.74, 6) is -0.0674. The summed E-state index contributed by atoms with van der Waals surface area (Å²) in [7, 11) is 0. The van der Waals surface area contributed by atoms with Gasteiger partial charge in [0.25, 0.3) is 5.91 Å². The lowest BCUT2D eigenvalue weighted by Gasteiger charge is -2.28. The Balaban J connectivity index is 1.51. The van der Waals surface area contributed by atoms with Crippen LogP contribution in [0.4, 0.5) is 11.6 Å². The Kier molecular flexibility index (Phi) is 6.55. The minimum absolute atomic E-state index is 0.168. The second kappa shape index (κ2) is 10.1. The van der Waals surface area contributed by atoms with Crippen LogP contribution in [0.15, 0.2) is 101 Å². The highest BCUT2D eigenvalue weighted by Crippen LogP contribution is 2.37. The maximum Gasteiger partial charge on any atom is 0.335 e. The zero-order valence-electron chi connectivity index (χ0n) is 19.4. The van der Waals surface area contributed by atoms with E-state index in [1.54, 1.807) is 16.8 Å². The first-order chi connectivity index (χ1) is 17.5. The van der Waals surface area contributed by atoms with Gasteiger partial charge in [-0.15, -0.1) is 5.10 Å². The predicted molar refractivity (Wildman–Crippen MR) is 139 cm³/mol. The number of carboxylic acids is 1. The van der Waals surface area contributed by atoms with Crippen molar-refractivity contribution in [1.29, 1.82) is 0 Å². The number of anilines is 2. The maximum atomic E-state index is 13.5. The van der Waals surface area contributed by atoms with E-state index in [1.807, 2.05) is 67.6 Å². The summed E-state index contributed by atoms with van der Waals surface area (Å²) in [6, 6.07) is 25.2. The van der Waals surface area contributed by atoms with Crippen molar-refractivity contribution < 1.29 is 14.7 Å². The number of amides is 1. The van der Waals surface area contributed by atoms with Crippen molar-refractivity contribution in [2.45, 2.75) is 23.9 Å². The van der Waals surface area contributed by atoms with Gasteiger partial charge in [-0.25, -0.2) is 9.48 Å². The molecule has 4 aromatic rings. The third kappa shape index (κ3) is 4.87. The molecule has 0 saturated carbocycles. The number of allylic oxidation sites excluding steroid dienone is 1. The fraction of sp³-hybridized carbons (Fsp3) is 0.111. The third-order valence-electron chi connectivity index (χ3n) is 5.79. The van der Waals surface area contributed by atoms with E-state index in [9.17, 15) is 14.7 Å². The molecule has 1 aliphatic heterocycles. The number of aromatic nitrogens is 3. The van der Waals surface area contributed by atoms with E-state index < -0.39 is 12.0 Å². The molecule has 2 heterocycles. The van der Waals surface area contributed by atoms with Crippen LogP contribution in [-0.4, -0.2) is 31.7 Å². The Morgan fingerprint density at radius 1 is 1.00 bits per heavy atom. The topological polar surface area (TPSA) is 109 Å². The van der Waals surface area contributed by atoms with Crippen molar-refractivity contribution in [3.8, 4) is 0 Å². The molecule has 36 heavy (non-hydrogen) atoms. The Bertz CT molecular complexity index is 1430. The van der Waals surface area contributed by atoms with E-state index in [0.717, 1.165) is 11.1 Å². The monoisotopic (exact) mass is 497 g/mol. The van der Waals surface area contributed by atoms with Crippen molar-refractivity contribution in [2.75, 3.05) is 10.6 Å². The zero-order valence-corrected chi connectivity index (χ0v) is 20.2. The van der Waals surface area contributed by atoms with Gasteiger partial charge in [0.2, 0.25) is 11.1 Å². The predicted octanol–water partition coefficient (Wildman–Crippen LogP) is 5.20. The Labute approximate surface area is 212 Å². The first-order valence-electron chi connectivity index (χ1n) is 11.3. The smallest absolute Gasteiger partial charge is 0.335 e. The summed E-state index contributed by atoms with van der Waals surface area (Å²) in [5.41, 5.74) is 3.84. The number of aromatic carboxylic acids is 1. The van der Waals surface area contributed by atoms with Gasteiger partial charge in [0.05, 0.1) is 11.1 Å². The molecular weight excluding hydrogens is 474 g/mol. The van der Waals surface area contributed by atoms with Gasteiger partial charge in [-0.2, -0.15) is 4.98 Å². The molecule has 8 nitrogen and oxygen atoms in total. The molecule has 5 rings (SSSR count). The molecule has 0 fully saturated rings. The molecule has 9 heteroatoms. The Hall–Kier alpha value is -4.37. The first kappa shape index (κ1) is 23.4. The van der Waals surface area contributed by atoms with Crippen LogP contribution in [-0.2, 0) is 10.5 Å². The second-order valence-electron chi connectivity index (χ2n) is 8.25. The van der Waals surface area contributed by atoms with Gasteiger partial charge in [0.15, 0.2) is 0 Å². The number of carboxylic acid groups (broad SMARTS) is 1.